The molecule has 0 aromatic carbocycles. The van der Waals surface area contributed by atoms with E-state index in [4.69, 9.17) is 0 Å². The predicted octanol–water partition coefficient (Wildman–Crippen LogP) is 3.83. The van der Waals surface area contributed by atoms with Crippen molar-refractivity contribution < 1.29 is 4.79 Å². The third-order valence-corrected chi connectivity index (χ3v) is 3.98. The summed E-state index contributed by atoms with van der Waals surface area (Å²) in [6.45, 7) is 9.26. The minimum Gasteiger partial charge on any atom is -0.348 e. The summed E-state index contributed by atoms with van der Waals surface area (Å²) in [5.74, 6) is 0.560. The molecule has 0 aliphatic heterocycles. The van der Waals surface area contributed by atoms with E-state index in [1.165, 1.54) is 0 Å². The molecule has 0 fully saturated rings. The minimum absolute atomic E-state index is 0.0157. The highest BCUT2D eigenvalue weighted by Crippen LogP contribution is 2.17. The Morgan fingerprint density at radius 3 is 2.50 bits per heavy atom. The molecule has 0 spiro atoms. The van der Waals surface area contributed by atoms with E-state index in [0.29, 0.717) is 5.92 Å². The Labute approximate surface area is 118 Å². The maximum absolute atomic E-state index is 12.2. The minimum atomic E-state index is 0.0157. The Morgan fingerprint density at radius 1 is 1.39 bits per heavy atom. The summed E-state index contributed by atoms with van der Waals surface area (Å²) >= 11 is 3.41. The van der Waals surface area contributed by atoms with Crippen LogP contribution in [0, 0.1) is 5.92 Å². The first-order valence-corrected chi connectivity index (χ1v) is 7.49. The summed E-state index contributed by atoms with van der Waals surface area (Å²) in [4.78, 5) is 12.2. The van der Waals surface area contributed by atoms with Crippen LogP contribution in [0.3, 0.4) is 0 Å². The number of carbonyl (C=O) groups is 1. The highest BCUT2D eigenvalue weighted by Gasteiger charge is 2.18. The van der Waals surface area contributed by atoms with E-state index in [-0.39, 0.29) is 11.9 Å². The lowest BCUT2D eigenvalue weighted by atomic mass is 9.95. The van der Waals surface area contributed by atoms with Crippen molar-refractivity contribution in [3.05, 3.63) is 22.4 Å². The first-order valence-electron chi connectivity index (χ1n) is 6.69. The molecule has 0 radical (unpaired) electrons. The SMILES string of the molecule is CCC(CC)C(C)NC(=O)c1cc(Br)cn1CC. The molecule has 0 saturated heterocycles. The second kappa shape index (κ2) is 6.98. The molecule has 1 rings (SSSR count). The van der Waals surface area contributed by atoms with Crippen LogP contribution in [0.2, 0.25) is 0 Å². The van der Waals surface area contributed by atoms with Crippen LogP contribution in [0.1, 0.15) is 51.0 Å². The number of hydrogen-bond donors (Lipinski definition) is 1. The van der Waals surface area contributed by atoms with Crippen LogP contribution in [0.4, 0.5) is 0 Å². The highest BCUT2D eigenvalue weighted by atomic mass is 79.9. The largest absolute Gasteiger partial charge is 0.348 e. The maximum Gasteiger partial charge on any atom is 0.268 e. The molecule has 3 nitrogen and oxygen atoms in total. The predicted molar refractivity (Wildman–Crippen MR) is 78.8 cm³/mol. The lowest BCUT2D eigenvalue weighted by Gasteiger charge is -2.22. The number of aromatic nitrogens is 1. The smallest absolute Gasteiger partial charge is 0.268 e. The summed E-state index contributed by atoms with van der Waals surface area (Å²) < 4.78 is 2.91. The van der Waals surface area contributed by atoms with Crippen LogP contribution in [0.5, 0.6) is 0 Å². The van der Waals surface area contributed by atoms with Gasteiger partial charge in [-0.2, -0.15) is 0 Å². The van der Waals surface area contributed by atoms with E-state index >= 15 is 0 Å². The molecule has 0 bridgehead atoms. The molecule has 0 aliphatic rings. The van der Waals surface area contributed by atoms with Crippen LogP contribution >= 0.6 is 15.9 Å². The van der Waals surface area contributed by atoms with Crippen molar-refractivity contribution in [1.82, 2.24) is 9.88 Å². The Kier molecular flexibility index (Phi) is 5.93. The molecular weight excluding hydrogens is 292 g/mol. The monoisotopic (exact) mass is 314 g/mol. The van der Waals surface area contributed by atoms with Gasteiger partial charge in [-0.05, 0) is 41.8 Å². The van der Waals surface area contributed by atoms with Crippen LogP contribution < -0.4 is 5.32 Å². The highest BCUT2D eigenvalue weighted by molar-refractivity contribution is 9.10. The first kappa shape index (κ1) is 15.3. The van der Waals surface area contributed by atoms with Crippen LogP contribution in [0.15, 0.2) is 16.7 Å². The quantitative estimate of drug-likeness (QED) is 0.850. The van der Waals surface area contributed by atoms with Gasteiger partial charge in [0.15, 0.2) is 0 Å². The molecule has 1 aromatic rings. The number of rotatable bonds is 6. The molecule has 1 aromatic heterocycles. The number of aryl methyl sites for hydroxylation is 1. The normalized spacial score (nSPS) is 12.8. The van der Waals surface area contributed by atoms with Gasteiger partial charge in [0.1, 0.15) is 5.69 Å². The molecule has 1 amide bonds. The maximum atomic E-state index is 12.2. The van der Waals surface area contributed by atoms with Crippen molar-refractivity contribution >= 4 is 21.8 Å². The van der Waals surface area contributed by atoms with Crippen molar-refractivity contribution in [3.63, 3.8) is 0 Å². The van der Waals surface area contributed by atoms with Crippen LogP contribution in [-0.2, 0) is 6.54 Å². The topological polar surface area (TPSA) is 34.0 Å². The Morgan fingerprint density at radius 2 is 2.00 bits per heavy atom. The third-order valence-electron chi connectivity index (χ3n) is 3.55. The van der Waals surface area contributed by atoms with E-state index in [1.54, 1.807) is 0 Å². The van der Waals surface area contributed by atoms with Gasteiger partial charge in [0.2, 0.25) is 0 Å². The second-order valence-electron chi connectivity index (χ2n) is 4.67. The van der Waals surface area contributed by atoms with Gasteiger partial charge < -0.3 is 9.88 Å². The Balaban J connectivity index is 2.75. The number of nitrogens with one attached hydrogen (secondary N) is 1. The van der Waals surface area contributed by atoms with Crippen molar-refractivity contribution in [2.75, 3.05) is 0 Å². The number of amides is 1. The zero-order valence-corrected chi connectivity index (χ0v) is 13.3. The van der Waals surface area contributed by atoms with Gasteiger partial charge in [0.05, 0.1) is 0 Å². The molecule has 18 heavy (non-hydrogen) atoms. The van der Waals surface area contributed by atoms with Crippen molar-refractivity contribution in [1.29, 1.82) is 0 Å². The lowest BCUT2D eigenvalue weighted by Crippen LogP contribution is -2.38. The summed E-state index contributed by atoms with van der Waals surface area (Å²) in [5, 5.41) is 3.11. The molecular formula is C14H23BrN2O. The fraction of sp³-hybridized carbons (Fsp3) is 0.643. The average molecular weight is 315 g/mol. The number of carbonyl (C=O) groups excluding carboxylic acids is 1. The molecule has 4 heteroatoms. The van der Waals surface area contributed by atoms with Gasteiger partial charge >= 0.3 is 0 Å². The van der Waals surface area contributed by atoms with Crippen molar-refractivity contribution in [3.8, 4) is 0 Å². The Hall–Kier alpha value is -0.770. The van der Waals surface area contributed by atoms with Gasteiger partial charge in [-0.15, -0.1) is 0 Å². The van der Waals surface area contributed by atoms with E-state index < -0.39 is 0 Å². The van der Waals surface area contributed by atoms with Gasteiger partial charge in [-0.1, -0.05) is 26.7 Å². The summed E-state index contributed by atoms with van der Waals surface area (Å²) in [7, 11) is 0. The van der Waals surface area contributed by atoms with Gasteiger partial charge in [0, 0.05) is 23.3 Å². The standard InChI is InChI=1S/C14H23BrN2O/c1-5-11(6-2)10(4)16-14(18)13-8-12(15)9-17(13)7-3/h8-11H,5-7H2,1-4H3,(H,16,18). The third kappa shape index (κ3) is 3.61. The van der Waals surface area contributed by atoms with Crippen LogP contribution in [-0.4, -0.2) is 16.5 Å². The lowest BCUT2D eigenvalue weighted by molar-refractivity contribution is 0.0916. The summed E-state index contributed by atoms with van der Waals surface area (Å²) in [6.07, 6.45) is 4.13. The van der Waals surface area contributed by atoms with Crippen LogP contribution in [0.25, 0.3) is 0 Å². The summed E-state index contributed by atoms with van der Waals surface area (Å²) in [5.41, 5.74) is 0.724. The van der Waals surface area contributed by atoms with E-state index in [9.17, 15) is 4.79 Å². The average Bonchev–Trinajstić information content (AvgIpc) is 2.72. The number of hydrogen-bond acceptors (Lipinski definition) is 1. The zero-order chi connectivity index (χ0) is 13.7. The molecule has 0 saturated carbocycles. The molecule has 1 atom stereocenters. The first-order chi connectivity index (χ1) is 8.53. The van der Waals surface area contributed by atoms with Crippen molar-refractivity contribution in [2.24, 2.45) is 5.92 Å². The second-order valence-corrected chi connectivity index (χ2v) is 5.58. The van der Waals surface area contributed by atoms with E-state index in [1.807, 2.05) is 23.8 Å². The van der Waals surface area contributed by atoms with E-state index in [0.717, 1.165) is 29.6 Å². The number of nitrogens with zero attached hydrogens (tertiary/aromatic N) is 1. The van der Waals surface area contributed by atoms with Crippen molar-refractivity contribution in [2.45, 2.75) is 53.1 Å². The fourth-order valence-electron chi connectivity index (χ4n) is 2.32. The fourth-order valence-corrected chi connectivity index (χ4v) is 2.79. The van der Waals surface area contributed by atoms with Gasteiger partial charge in [0.25, 0.3) is 5.91 Å². The molecule has 1 unspecified atom stereocenters. The van der Waals surface area contributed by atoms with Gasteiger partial charge in [-0.3, -0.25) is 4.79 Å². The zero-order valence-electron chi connectivity index (χ0n) is 11.7. The molecule has 1 heterocycles. The molecule has 1 N–H and O–H groups in total. The Bertz CT molecular complexity index is 396. The van der Waals surface area contributed by atoms with Gasteiger partial charge in [-0.25, -0.2) is 0 Å². The van der Waals surface area contributed by atoms with E-state index in [2.05, 4.69) is 42.0 Å². The molecule has 0 aliphatic carbocycles. The number of halogens is 1. The summed E-state index contributed by atoms with van der Waals surface area (Å²) in [6, 6.07) is 2.09. The molecule has 102 valence electrons.